The van der Waals surface area contributed by atoms with E-state index in [1.165, 1.54) is 10.5 Å². The van der Waals surface area contributed by atoms with Crippen molar-refractivity contribution in [1.29, 1.82) is 0 Å². The van der Waals surface area contributed by atoms with Gasteiger partial charge in [-0.15, -0.1) is 0 Å². The SMILES string of the molecule is O=c1cc(NCC(O)CO)nc2c3ccccc3ccn12. The summed E-state index contributed by atoms with van der Waals surface area (Å²) < 4.78 is 1.48. The van der Waals surface area contributed by atoms with Gasteiger partial charge in [0.05, 0.1) is 12.7 Å². The number of aromatic nitrogens is 2. The number of nitrogens with zero attached hydrogens (tertiary/aromatic N) is 2. The van der Waals surface area contributed by atoms with Gasteiger partial charge < -0.3 is 15.5 Å². The van der Waals surface area contributed by atoms with Crippen molar-refractivity contribution in [1.82, 2.24) is 9.38 Å². The number of anilines is 1. The maximum absolute atomic E-state index is 12.1. The topological polar surface area (TPSA) is 86.9 Å². The first-order valence-corrected chi connectivity index (χ1v) is 6.63. The zero-order chi connectivity index (χ0) is 14.8. The van der Waals surface area contributed by atoms with Gasteiger partial charge in [-0.05, 0) is 11.5 Å². The molecule has 0 spiro atoms. The molecule has 0 saturated carbocycles. The summed E-state index contributed by atoms with van der Waals surface area (Å²) in [6.07, 6.45) is 0.803. The lowest BCUT2D eigenvalue weighted by Crippen LogP contribution is -2.24. The summed E-state index contributed by atoms with van der Waals surface area (Å²) in [5.74, 6) is 0.379. The molecule has 0 fully saturated rings. The molecule has 1 atom stereocenters. The van der Waals surface area contributed by atoms with Crippen LogP contribution in [0.4, 0.5) is 5.82 Å². The van der Waals surface area contributed by atoms with E-state index in [0.29, 0.717) is 11.5 Å². The Kier molecular flexibility index (Phi) is 3.55. The van der Waals surface area contributed by atoms with Crippen LogP contribution in [0.15, 0.2) is 47.4 Å². The molecule has 1 aromatic carbocycles. The third-order valence-corrected chi connectivity index (χ3v) is 3.29. The van der Waals surface area contributed by atoms with E-state index in [9.17, 15) is 9.90 Å². The van der Waals surface area contributed by atoms with Crippen LogP contribution in [0.1, 0.15) is 0 Å². The van der Waals surface area contributed by atoms with Gasteiger partial charge >= 0.3 is 0 Å². The van der Waals surface area contributed by atoms with Gasteiger partial charge in [-0.3, -0.25) is 9.20 Å². The van der Waals surface area contributed by atoms with Gasteiger partial charge in [-0.25, -0.2) is 4.98 Å². The van der Waals surface area contributed by atoms with Gasteiger partial charge in [0.25, 0.3) is 5.56 Å². The smallest absolute Gasteiger partial charge is 0.259 e. The lowest BCUT2D eigenvalue weighted by molar-refractivity contribution is 0.105. The number of hydrogen-bond acceptors (Lipinski definition) is 5. The summed E-state index contributed by atoms with van der Waals surface area (Å²) in [6, 6.07) is 10.9. The van der Waals surface area contributed by atoms with Gasteiger partial charge in [0.15, 0.2) is 0 Å². The third-order valence-electron chi connectivity index (χ3n) is 3.29. The molecule has 0 aliphatic heterocycles. The average molecular weight is 285 g/mol. The molecular formula is C15H15N3O3. The van der Waals surface area contributed by atoms with Crippen LogP contribution in [0, 0.1) is 0 Å². The van der Waals surface area contributed by atoms with E-state index in [0.717, 1.165) is 10.8 Å². The van der Waals surface area contributed by atoms with E-state index in [2.05, 4.69) is 10.3 Å². The zero-order valence-electron chi connectivity index (χ0n) is 11.2. The van der Waals surface area contributed by atoms with E-state index in [1.807, 2.05) is 30.3 Å². The Bertz CT molecular complexity index is 844. The summed E-state index contributed by atoms with van der Waals surface area (Å²) >= 11 is 0. The molecule has 108 valence electrons. The molecule has 2 heterocycles. The van der Waals surface area contributed by atoms with Gasteiger partial charge in [0.1, 0.15) is 11.5 Å². The molecule has 6 heteroatoms. The van der Waals surface area contributed by atoms with E-state index in [4.69, 9.17) is 5.11 Å². The molecule has 3 aromatic rings. The second-order valence-electron chi connectivity index (χ2n) is 4.79. The highest BCUT2D eigenvalue weighted by atomic mass is 16.3. The van der Waals surface area contributed by atoms with Crippen molar-refractivity contribution in [3.8, 4) is 0 Å². The highest BCUT2D eigenvalue weighted by molar-refractivity contribution is 5.93. The van der Waals surface area contributed by atoms with E-state index in [-0.39, 0.29) is 18.7 Å². The summed E-state index contributed by atoms with van der Waals surface area (Å²) in [5.41, 5.74) is 0.355. The minimum atomic E-state index is -0.891. The Morgan fingerprint density at radius 2 is 2.10 bits per heavy atom. The standard InChI is InChI=1S/C15H15N3O3/c19-9-11(20)8-16-13-7-14(21)18-6-5-10-3-1-2-4-12(10)15(18)17-13/h1-7,11,16,19-20H,8-9H2. The molecule has 0 aliphatic rings. The van der Waals surface area contributed by atoms with Crippen molar-refractivity contribution in [2.45, 2.75) is 6.10 Å². The normalized spacial score (nSPS) is 12.7. The number of hydrogen-bond donors (Lipinski definition) is 3. The zero-order valence-corrected chi connectivity index (χ0v) is 11.2. The number of nitrogens with one attached hydrogen (secondary N) is 1. The van der Waals surface area contributed by atoms with Gasteiger partial charge in [0.2, 0.25) is 0 Å². The van der Waals surface area contributed by atoms with Crippen LogP contribution < -0.4 is 10.9 Å². The molecule has 0 bridgehead atoms. The fourth-order valence-electron chi connectivity index (χ4n) is 2.20. The van der Waals surface area contributed by atoms with E-state index < -0.39 is 6.10 Å². The molecular weight excluding hydrogens is 270 g/mol. The first-order valence-electron chi connectivity index (χ1n) is 6.63. The molecule has 3 rings (SSSR count). The lowest BCUT2D eigenvalue weighted by atomic mass is 10.2. The monoisotopic (exact) mass is 285 g/mol. The van der Waals surface area contributed by atoms with Gasteiger partial charge in [-0.2, -0.15) is 0 Å². The van der Waals surface area contributed by atoms with Crippen molar-refractivity contribution >= 4 is 22.2 Å². The fraction of sp³-hybridized carbons (Fsp3) is 0.200. The fourth-order valence-corrected chi connectivity index (χ4v) is 2.20. The summed E-state index contributed by atoms with van der Waals surface area (Å²) in [7, 11) is 0. The Balaban J connectivity index is 2.12. The van der Waals surface area contributed by atoms with E-state index >= 15 is 0 Å². The number of rotatable bonds is 4. The Morgan fingerprint density at radius 1 is 1.29 bits per heavy atom. The highest BCUT2D eigenvalue weighted by Gasteiger charge is 2.07. The maximum Gasteiger partial charge on any atom is 0.259 e. The van der Waals surface area contributed by atoms with Crippen LogP contribution in [0.25, 0.3) is 16.4 Å². The van der Waals surface area contributed by atoms with Crippen LogP contribution in [-0.4, -0.2) is 38.9 Å². The first kappa shape index (κ1) is 13.5. The maximum atomic E-state index is 12.1. The predicted molar refractivity (Wildman–Crippen MR) is 80.6 cm³/mol. The minimum Gasteiger partial charge on any atom is -0.394 e. The predicted octanol–water partition coefficient (Wildman–Crippen LogP) is 0.613. The largest absolute Gasteiger partial charge is 0.394 e. The molecule has 6 nitrogen and oxygen atoms in total. The molecule has 1 unspecified atom stereocenters. The summed E-state index contributed by atoms with van der Waals surface area (Å²) in [4.78, 5) is 16.6. The van der Waals surface area contributed by atoms with E-state index in [1.54, 1.807) is 6.20 Å². The van der Waals surface area contributed by atoms with Crippen LogP contribution in [0.2, 0.25) is 0 Å². The second kappa shape index (κ2) is 5.51. The Morgan fingerprint density at radius 3 is 2.90 bits per heavy atom. The summed E-state index contributed by atoms with van der Waals surface area (Å²) in [6.45, 7) is -0.216. The highest BCUT2D eigenvalue weighted by Crippen LogP contribution is 2.18. The van der Waals surface area contributed by atoms with Crippen molar-refractivity contribution in [3.05, 3.63) is 52.9 Å². The second-order valence-corrected chi connectivity index (χ2v) is 4.79. The summed E-state index contributed by atoms with van der Waals surface area (Å²) in [5, 5.41) is 22.9. The Labute approximate surface area is 120 Å². The Hall–Kier alpha value is -2.44. The molecule has 0 saturated heterocycles. The van der Waals surface area contributed by atoms with Gasteiger partial charge in [0, 0.05) is 24.2 Å². The number of pyridine rings is 1. The number of aliphatic hydroxyl groups is 2. The number of aliphatic hydroxyl groups excluding tert-OH is 2. The third kappa shape index (κ3) is 2.58. The van der Waals surface area contributed by atoms with Crippen molar-refractivity contribution in [2.75, 3.05) is 18.5 Å². The molecule has 2 aromatic heterocycles. The quantitative estimate of drug-likeness (QED) is 0.612. The average Bonchev–Trinajstić information content (AvgIpc) is 2.52. The number of fused-ring (bicyclic) bond motifs is 3. The van der Waals surface area contributed by atoms with Crippen molar-refractivity contribution in [3.63, 3.8) is 0 Å². The molecule has 21 heavy (non-hydrogen) atoms. The van der Waals surface area contributed by atoms with Crippen LogP contribution >= 0.6 is 0 Å². The molecule has 3 N–H and O–H groups in total. The molecule has 0 aliphatic carbocycles. The van der Waals surface area contributed by atoms with Crippen molar-refractivity contribution in [2.24, 2.45) is 0 Å². The van der Waals surface area contributed by atoms with Crippen LogP contribution in [0.3, 0.4) is 0 Å². The first-order chi connectivity index (χ1) is 10.2. The number of benzene rings is 1. The van der Waals surface area contributed by atoms with Crippen molar-refractivity contribution < 1.29 is 10.2 Å². The van der Waals surface area contributed by atoms with Crippen LogP contribution in [-0.2, 0) is 0 Å². The minimum absolute atomic E-state index is 0.129. The van der Waals surface area contributed by atoms with Crippen LogP contribution in [0.5, 0.6) is 0 Å². The molecule has 0 amide bonds. The molecule has 0 radical (unpaired) electrons. The van der Waals surface area contributed by atoms with Gasteiger partial charge in [-0.1, -0.05) is 24.3 Å². The lowest BCUT2D eigenvalue weighted by Gasteiger charge is -2.11.